The number of nitrogens with one attached hydrogen (secondary N) is 1. The number of carbonyl (C=O) groups excluding carboxylic acids is 1. The lowest BCUT2D eigenvalue weighted by Gasteiger charge is -2.16. The largest absolute Gasteiger partial charge is 0.341 e. The molecule has 0 aromatic rings. The zero-order valence-electron chi connectivity index (χ0n) is 10.8. The van der Waals surface area contributed by atoms with Gasteiger partial charge in [0.25, 0.3) is 0 Å². The second kappa shape index (κ2) is 6.64. The third-order valence-electron chi connectivity index (χ3n) is 3.59. The number of hydrogen-bond donors (Lipinski definition) is 1. The Kier molecular flexibility index (Phi) is 5.16. The van der Waals surface area contributed by atoms with Crippen LogP contribution in [0.15, 0.2) is 0 Å². The molecule has 1 N–H and O–H groups in total. The summed E-state index contributed by atoms with van der Waals surface area (Å²) in [6.07, 6.45) is 9.40. The number of carbonyl (C=O) groups is 1. The summed E-state index contributed by atoms with van der Waals surface area (Å²) < 4.78 is 0. The molecule has 17 heavy (non-hydrogen) atoms. The second-order valence-electron chi connectivity index (χ2n) is 5.16. The molecule has 1 unspecified atom stereocenters. The third kappa shape index (κ3) is 4.18. The van der Waals surface area contributed by atoms with Crippen molar-refractivity contribution in [3.63, 3.8) is 0 Å². The van der Waals surface area contributed by atoms with E-state index in [0.717, 1.165) is 19.5 Å². The van der Waals surface area contributed by atoms with Crippen LogP contribution in [0.5, 0.6) is 0 Å². The Bertz CT molecular complexity index is 256. The van der Waals surface area contributed by atoms with E-state index < -0.39 is 0 Å². The van der Waals surface area contributed by atoms with E-state index in [-0.39, 0.29) is 6.04 Å². The highest BCUT2D eigenvalue weighted by Gasteiger charge is 2.34. The first-order chi connectivity index (χ1) is 8.31. The van der Waals surface area contributed by atoms with Gasteiger partial charge in [0, 0.05) is 19.1 Å². The predicted molar refractivity (Wildman–Crippen MR) is 73.4 cm³/mol. The minimum absolute atomic E-state index is 0.133. The third-order valence-corrected chi connectivity index (χ3v) is 4.29. The van der Waals surface area contributed by atoms with E-state index in [2.05, 4.69) is 16.5 Å². The molecule has 0 aromatic carbocycles. The highest BCUT2D eigenvalue weighted by atomic mass is 32.2. The van der Waals surface area contributed by atoms with Crippen molar-refractivity contribution < 1.29 is 4.79 Å². The Labute approximate surface area is 109 Å². The minimum Gasteiger partial charge on any atom is -0.341 e. The van der Waals surface area contributed by atoms with Crippen LogP contribution < -0.4 is 5.32 Å². The summed E-state index contributed by atoms with van der Waals surface area (Å²) in [5, 5.41) is 3.45. The Morgan fingerprint density at radius 1 is 1.29 bits per heavy atom. The van der Waals surface area contributed by atoms with Crippen LogP contribution in [0.3, 0.4) is 0 Å². The summed E-state index contributed by atoms with van der Waals surface area (Å²) in [5.74, 6) is 1.60. The van der Waals surface area contributed by atoms with Crippen molar-refractivity contribution >= 4 is 17.7 Å². The first kappa shape index (κ1) is 13.2. The Balaban J connectivity index is 1.59. The number of unbranched alkanes of at least 4 members (excludes halogenated alkanes) is 2. The molecule has 1 atom stereocenters. The molecule has 1 saturated carbocycles. The van der Waals surface area contributed by atoms with Crippen LogP contribution in [0.1, 0.15) is 38.5 Å². The molecule has 3 nitrogen and oxygen atoms in total. The molecule has 4 heteroatoms. The van der Waals surface area contributed by atoms with Crippen LogP contribution in [0.25, 0.3) is 0 Å². The lowest BCUT2D eigenvalue weighted by molar-refractivity contribution is -0.129. The van der Waals surface area contributed by atoms with E-state index in [1.807, 2.05) is 11.8 Å². The van der Waals surface area contributed by atoms with Gasteiger partial charge in [-0.1, -0.05) is 6.42 Å². The van der Waals surface area contributed by atoms with Gasteiger partial charge in [-0.05, 0) is 44.1 Å². The van der Waals surface area contributed by atoms with Crippen LogP contribution in [0, 0.1) is 0 Å². The molecule has 2 fully saturated rings. The van der Waals surface area contributed by atoms with Gasteiger partial charge in [0.2, 0.25) is 5.91 Å². The van der Waals surface area contributed by atoms with Gasteiger partial charge in [-0.25, -0.2) is 0 Å². The topological polar surface area (TPSA) is 32.3 Å². The molecule has 0 spiro atoms. The number of nitrogens with zero attached hydrogens (tertiary/aromatic N) is 1. The molecule has 1 amide bonds. The summed E-state index contributed by atoms with van der Waals surface area (Å²) in [6, 6.07) is 0.777. The van der Waals surface area contributed by atoms with Crippen molar-refractivity contribution in [3.05, 3.63) is 0 Å². The van der Waals surface area contributed by atoms with Gasteiger partial charge < -0.3 is 10.2 Å². The lowest BCUT2D eigenvalue weighted by Crippen LogP contribution is -2.39. The fraction of sp³-hybridized carbons (Fsp3) is 0.923. The summed E-state index contributed by atoms with van der Waals surface area (Å²) >= 11 is 1.91. The molecule has 1 aliphatic heterocycles. The van der Waals surface area contributed by atoms with Gasteiger partial charge >= 0.3 is 0 Å². The van der Waals surface area contributed by atoms with Crippen LogP contribution in [0.4, 0.5) is 0 Å². The van der Waals surface area contributed by atoms with Gasteiger partial charge in [0.15, 0.2) is 0 Å². The average molecular weight is 256 g/mol. The molecule has 2 rings (SSSR count). The van der Waals surface area contributed by atoms with Gasteiger partial charge in [-0.3, -0.25) is 4.79 Å². The average Bonchev–Trinajstić information content (AvgIpc) is 3.08. The molecule has 1 aliphatic carbocycles. The number of hydrogen-bond acceptors (Lipinski definition) is 3. The smallest absolute Gasteiger partial charge is 0.239 e. The van der Waals surface area contributed by atoms with Crippen LogP contribution >= 0.6 is 11.8 Å². The summed E-state index contributed by atoms with van der Waals surface area (Å²) in [7, 11) is 0. The maximum atomic E-state index is 12.0. The molecule has 2 aliphatic rings. The van der Waals surface area contributed by atoms with Crippen molar-refractivity contribution in [1.29, 1.82) is 0 Å². The van der Waals surface area contributed by atoms with Crippen LogP contribution in [-0.4, -0.2) is 48.0 Å². The highest BCUT2D eigenvalue weighted by molar-refractivity contribution is 7.98. The summed E-state index contributed by atoms with van der Waals surface area (Å²) in [5.41, 5.74) is 0. The van der Waals surface area contributed by atoms with Gasteiger partial charge in [-0.15, -0.1) is 0 Å². The zero-order valence-corrected chi connectivity index (χ0v) is 11.6. The van der Waals surface area contributed by atoms with Crippen molar-refractivity contribution in [2.24, 2.45) is 0 Å². The molecule has 0 aromatic heterocycles. The molecular weight excluding hydrogens is 232 g/mol. The Morgan fingerprint density at radius 2 is 2.12 bits per heavy atom. The SMILES string of the molecule is CSCCCCCN1CCC(NC2CC2)C1=O. The lowest BCUT2D eigenvalue weighted by atomic mass is 10.2. The van der Waals surface area contributed by atoms with Gasteiger partial charge in [0.05, 0.1) is 6.04 Å². The van der Waals surface area contributed by atoms with E-state index >= 15 is 0 Å². The first-order valence-corrected chi connectivity index (χ1v) is 8.24. The fourth-order valence-corrected chi connectivity index (χ4v) is 2.87. The first-order valence-electron chi connectivity index (χ1n) is 6.85. The predicted octanol–water partition coefficient (Wildman–Crippen LogP) is 1.87. The standard InChI is InChI=1S/C13H24N2OS/c1-17-10-4-2-3-8-15-9-7-12(13(15)16)14-11-5-6-11/h11-12,14H,2-10H2,1H3. The Morgan fingerprint density at radius 3 is 2.82 bits per heavy atom. The summed E-state index contributed by atoms with van der Waals surface area (Å²) in [4.78, 5) is 14.1. The van der Waals surface area contributed by atoms with Crippen molar-refractivity contribution in [1.82, 2.24) is 10.2 Å². The van der Waals surface area contributed by atoms with Gasteiger partial charge in [0.1, 0.15) is 0 Å². The van der Waals surface area contributed by atoms with E-state index in [1.165, 1.54) is 37.9 Å². The van der Waals surface area contributed by atoms with E-state index in [9.17, 15) is 4.79 Å². The summed E-state index contributed by atoms with van der Waals surface area (Å²) in [6.45, 7) is 1.93. The minimum atomic E-state index is 0.133. The van der Waals surface area contributed by atoms with E-state index in [4.69, 9.17) is 0 Å². The zero-order chi connectivity index (χ0) is 12.1. The maximum Gasteiger partial charge on any atom is 0.239 e. The van der Waals surface area contributed by atoms with Crippen LogP contribution in [0.2, 0.25) is 0 Å². The van der Waals surface area contributed by atoms with Crippen molar-refractivity contribution in [2.45, 2.75) is 50.6 Å². The molecular formula is C13H24N2OS. The molecule has 0 radical (unpaired) electrons. The highest BCUT2D eigenvalue weighted by Crippen LogP contribution is 2.22. The van der Waals surface area contributed by atoms with Crippen molar-refractivity contribution in [2.75, 3.05) is 25.1 Å². The fourth-order valence-electron chi connectivity index (χ4n) is 2.38. The number of amides is 1. The maximum absolute atomic E-state index is 12.0. The number of thioether (sulfide) groups is 1. The normalized spacial score (nSPS) is 24.6. The molecule has 1 saturated heterocycles. The van der Waals surface area contributed by atoms with Crippen molar-refractivity contribution in [3.8, 4) is 0 Å². The monoisotopic (exact) mass is 256 g/mol. The van der Waals surface area contributed by atoms with Crippen LogP contribution in [-0.2, 0) is 4.79 Å². The molecule has 0 bridgehead atoms. The van der Waals surface area contributed by atoms with E-state index in [0.29, 0.717) is 11.9 Å². The molecule has 98 valence electrons. The Hall–Kier alpha value is -0.220. The quantitative estimate of drug-likeness (QED) is 0.673. The van der Waals surface area contributed by atoms with E-state index in [1.54, 1.807) is 0 Å². The molecule has 1 heterocycles. The van der Waals surface area contributed by atoms with Gasteiger partial charge in [-0.2, -0.15) is 11.8 Å². The second-order valence-corrected chi connectivity index (χ2v) is 6.15. The number of likely N-dealkylation sites (tertiary alicyclic amines) is 1. The number of rotatable bonds is 8.